The lowest BCUT2D eigenvalue weighted by molar-refractivity contribution is 0.0419. The Bertz CT molecular complexity index is 340. The van der Waals surface area contributed by atoms with Crippen LogP contribution in [0.15, 0.2) is 18.2 Å². The molecule has 0 radical (unpaired) electrons. The van der Waals surface area contributed by atoms with E-state index in [0.717, 1.165) is 5.56 Å². The second kappa shape index (κ2) is 7.19. The number of nitrogens with zero attached hydrogens (tertiary/aromatic N) is 1. The van der Waals surface area contributed by atoms with E-state index in [1.54, 1.807) is 7.11 Å². The van der Waals surface area contributed by atoms with Crippen LogP contribution in [0.2, 0.25) is 10.0 Å². The molecule has 5 heteroatoms. The lowest BCUT2D eigenvalue weighted by atomic mass is 10.2. The first-order chi connectivity index (χ1) is 8.04. The lowest BCUT2D eigenvalue weighted by Gasteiger charge is -2.21. The molecule has 0 aliphatic rings. The Kier molecular flexibility index (Phi) is 6.23. The predicted octanol–water partition coefficient (Wildman–Crippen LogP) is 2.43. The Labute approximate surface area is 112 Å². The number of benzene rings is 1. The minimum atomic E-state index is -0.508. The Morgan fingerprint density at radius 3 is 2.47 bits per heavy atom. The summed E-state index contributed by atoms with van der Waals surface area (Å²) in [5, 5.41) is 10.9. The van der Waals surface area contributed by atoms with Gasteiger partial charge in [0.15, 0.2) is 0 Å². The average molecular weight is 278 g/mol. The van der Waals surface area contributed by atoms with E-state index >= 15 is 0 Å². The highest BCUT2D eigenvalue weighted by Gasteiger charge is 2.11. The second-order valence-electron chi connectivity index (χ2n) is 4.01. The van der Waals surface area contributed by atoms with Crippen molar-refractivity contribution < 1.29 is 9.84 Å². The standard InChI is InChI=1S/C12H17Cl2NO2/c1-15(6-9(16)8-17-2)7-10-11(13)4-3-5-12(10)14/h3-5,9,16H,6-8H2,1-2H3. The van der Waals surface area contributed by atoms with Crippen molar-refractivity contribution >= 4 is 23.2 Å². The molecule has 1 atom stereocenters. The van der Waals surface area contributed by atoms with Gasteiger partial charge in [0, 0.05) is 35.8 Å². The van der Waals surface area contributed by atoms with Gasteiger partial charge in [-0.1, -0.05) is 29.3 Å². The van der Waals surface area contributed by atoms with Gasteiger partial charge in [-0.05, 0) is 19.2 Å². The summed E-state index contributed by atoms with van der Waals surface area (Å²) in [6, 6.07) is 5.43. The fourth-order valence-electron chi connectivity index (χ4n) is 1.62. The summed E-state index contributed by atoms with van der Waals surface area (Å²) in [7, 11) is 3.46. The fraction of sp³-hybridized carbons (Fsp3) is 0.500. The average Bonchev–Trinajstić information content (AvgIpc) is 2.24. The first-order valence-electron chi connectivity index (χ1n) is 5.33. The summed E-state index contributed by atoms with van der Waals surface area (Å²) < 4.78 is 4.87. The highest BCUT2D eigenvalue weighted by molar-refractivity contribution is 6.35. The van der Waals surface area contributed by atoms with E-state index in [4.69, 9.17) is 27.9 Å². The number of rotatable bonds is 6. The molecule has 0 fully saturated rings. The zero-order chi connectivity index (χ0) is 12.8. The Morgan fingerprint density at radius 1 is 1.35 bits per heavy atom. The summed E-state index contributed by atoms with van der Waals surface area (Å²) in [5.74, 6) is 0. The van der Waals surface area contributed by atoms with Crippen LogP contribution < -0.4 is 0 Å². The van der Waals surface area contributed by atoms with Crippen LogP contribution in [-0.2, 0) is 11.3 Å². The van der Waals surface area contributed by atoms with Crippen molar-refractivity contribution in [2.45, 2.75) is 12.6 Å². The van der Waals surface area contributed by atoms with E-state index in [2.05, 4.69) is 0 Å². The number of aliphatic hydroxyl groups excluding tert-OH is 1. The van der Waals surface area contributed by atoms with Crippen LogP contribution in [0.5, 0.6) is 0 Å². The van der Waals surface area contributed by atoms with Gasteiger partial charge in [0.25, 0.3) is 0 Å². The third kappa shape index (κ3) is 4.82. The second-order valence-corrected chi connectivity index (χ2v) is 4.82. The summed E-state index contributed by atoms with van der Waals surface area (Å²) in [6.45, 7) is 1.43. The number of hydrogen-bond acceptors (Lipinski definition) is 3. The van der Waals surface area contributed by atoms with Crippen molar-refractivity contribution in [2.24, 2.45) is 0 Å². The maximum absolute atomic E-state index is 9.60. The maximum atomic E-state index is 9.60. The molecule has 96 valence electrons. The number of halogens is 2. The molecule has 1 N–H and O–H groups in total. The normalized spacial score (nSPS) is 13.1. The zero-order valence-corrected chi connectivity index (χ0v) is 11.5. The monoisotopic (exact) mass is 277 g/mol. The van der Waals surface area contributed by atoms with Crippen LogP contribution in [0.25, 0.3) is 0 Å². The van der Waals surface area contributed by atoms with Gasteiger partial charge < -0.3 is 9.84 Å². The van der Waals surface area contributed by atoms with Crippen LogP contribution in [0, 0.1) is 0 Å². The molecule has 1 rings (SSSR count). The molecule has 0 amide bonds. The van der Waals surface area contributed by atoms with Gasteiger partial charge in [-0.2, -0.15) is 0 Å². The largest absolute Gasteiger partial charge is 0.389 e. The van der Waals surface area contributed by atoms with Gasteiger partial charge in [-0.3, -0.25) is 4.90 Å². The molecule has 0 spiro atoms. The van der Waals surface area contributed by atoms with Crippen molar-refractivity contribution in [3.8, 4) is 0 Å². The summed E-state index contributed by atoms with van der Waals surface area (Å²) in [5.41, 5.74) is 0.878. The lowest BCUT2D eigenvalue weighted by Crippen LogP contribution is -2.31. The van der Waals surface area contributed by atoms with Gasteiger partial charge in [-0.15, -0.1) is 0 Å². The Morgan fingerprint density at radius 2 is 1.94 bits per heavy atom. The molecule has 0 aromatic heterocycles. The fourth-order valence-corrected chi connectivity index (χ4v) is 2.14. The molecular weight excluding hydrogens is 261 g/mol. The Balaban J connectivity index is 2.59. The molecule has 3 nitrogen and oxygen atoms in total. The SMILES string of the molecule is COCC(O)CN(C)Cc1c(Cl)cccc1Cl. The molecule has 0 saturated carbocycles. The van der Waals surface area contributed by atoms with Crippen LogP contribution in [-0.4, -0.2) is 43.4 Å². The number of methoxy groups -OCH3 is 1. The van der Waals surface area contributed by atoms with Crippen LogP contribution in [0.1, 0.15) is 5.56 Å². The minimum Gasteiger partial charge on any atom is -0.389 e. The molecule has 17 heavy (non-hydrogen) atoms. The molecule has 1 aromatic rings. The summed E-state index contributed by atoms with van der Waals surface area (Å²) >= 11 is 12.1. The molecule has 1 aromatic carbocycles. The third-order valence-corrected chi connectivity index (χ3v) is 3.08. The van der Waals surface area contributed by atoms with Crippen molar-refractivity contribution in [1.29, 1.82) is 0 Å². The van der Waals surface area contributed by atoms with Crippen molar-refractivity contribution in [3.05, 3.63) is 33.8 Å². The van der Waals surface area contributed by atoms with E-state index in [-0.39, 0.29) is 0 Å². The molecule has 0 heterocycles. The highest BCUT2D eigenvalue weighted by Crippen LogP contribution is 2.25. The third-order valence-electron chi connectivity index (χ3n) is 2.37. The van der Waals surface area contributed by atoms with Crippen LogP contribution in [0.4, 0.5) is 0 Å². The smallest absolute Gasteiger partial charge is 0.0900 e. The molecule has 0 saturated heterocycles. The summed E-state index contributed by atoms with van der Waals surface area (Å²) in [4.78, 5) is 1.96. The quantitative estimate of drug-likeness (QED) is 0.867. The van der Waals surface area contributed by atoms with E-state index in [1.807, 2.05) is 30.1 Å². The molecule has 0 bridgehead atoms. The molecule has 1 unspecified atom stereocenters. The highest BCUT2D eigenvalue weighted by atomic mass is 35.5. The molecular formula is C12H17Cl2NO2. The van der Waals surface area contributed by atoms with Crippen LogP contribution >= 0.6 is 23.2 Å². The number of aliphatic hydroxyl groups is 1. The Hall–Kier alpha value is -0.320. The molecule has 0 aliphatic heterocycles. The number of ether oxygens (including phenoxy) is 1. The van der Waals surface area contributed by atoms with Crippen molar-refractivity contribution in [3.63, 3.8) is 0 Å². The van der Waals surface area contributed by atoms with Gasteiger partial charge in [-0.25, -0.2) is 0 Å². The van der Waals surface area contributed by atoms with Gasteiger partial charge >= 0.3 is 0 Å². The summed E-state index contributed by atoms with van der Waals surface area (Å²) in [6.07, 6.45) is -0.508. The van der Waals surface area contributed by atoms with Gasteiger partial charge in [0.1, 0.15) is 0 Å². The zero-order valence-electron chi connectivity index (χ0n) is 9.99. The van der Waals surface area contributed by atoms with Crippen molar-refractivity contribution in [1.82, 2.24) is 4.90 Å². The van der Waals surface area contributed by atoms with Gasteiger partial charge in [0.05, 0.1) is 12.7 Å². The van der Waals surface area contributed by atoms with E-state index in [1.165, 1.54) is 0 Å². The predicted molar refractivity (Wildman–Crippen MR) is 70.7 cm³/mol. The van der Waals surface area contributed by atoms with E-state index in [0.29, 0.717) is 29.7 Å². The van der Waals surface area contributed by atoms with Crippen molar-refractivity contribution in [2.75, 3.05) is 27.3 Å². The van der Waals surface area contributed by atoms with Crippen LogP contribution in [0.3, 0.4) is 0 Å². The first-order valence-corrected chi connectivity index (χ1v) is 6.08. The molecule has 0 aliphatic carbocycles. The maximum Gasteiger partial charge on any atom is 0.0900 e. The van der Waals surface area contributed by atoms with Gasteiger partial charge in [0.2, 0.25) is 0 Å². The van der Waals surface area contributed by atoms with E-state index in [9.17, 15) is 5.11 Å². The minimum absolute atomic E-state index is 0.320. The number of hydrogen-bond donors (Lipinski definition) is 1. The topological polar surface area (TPSA) is 32.7 Å². The van der Waals surface area contributed by atoms with E-state index < -0.39 is 6.10 Å². The first kappa shape index (κ1) is 14.7. The number of likely N-dealkylation sites (N-methyl/N-ethyl adjacent to an activating group) is 1.